The van der Waals surface area contributed by atoms with Gasteiger partial charge in [0.25, 0.3) is 0 Å². The van der Waals surface area contributed by atoms with Crippen LogP contribution in [0.15, 0.2) is 24.3 Å². The smallest absolute Gasteiger partial charge is 0.221 e. The van der Waals surface area contributed by atoms with Crippen molar-refractivity contribution in [1.29, 1.82) is 0 Å². The maximum Gasteiger partial charge on any atom is 0.221 e. The molecule has 0 unspecified atom stereocenters. The van der Waals surface area contributed by atoms with E-state index in [2.05, 4.69) is 10.0 Å². The highest BCUT2D eigenvalue weighted by molar-refractivity contribution is 7.88. The summed E-state index contributed by atoms with van der Waals surface area (Å²) in [5, 5.41) is 2.42. The third-order valence-corrected chi connectivity index (χ3v) is 4.14. The molecule has 1 aromatic carbocycles. The van der Waals surface area contributed by atoms with Crippen molar-refractivity contribution < 1.29 is 13.2 Å². The minimum atomic E-state index is -3.54. The molecule has 0 aliphatic carbocycles. The zero-order valence-corrected chi connectivity index (χ0v) is 12.7. The zero-order chi connectivity index (χ0) is 15.2. The van der Waals surface area contributed by atoms with Gasteiger partial charge >= 0.3 is 0 Å². The number of benzene rings is 1. The fraction of sp³-hybridized carbons (Fsp3) is 0.333. The summed E-state index contributed by atoms with van der Waals surface area (Å²) in [6.45, 7) is 0.0528. The van der Waals surface area contributed by atoms with Crippen LogP contribution in [0.5, 0.6) is 0 Å². The van der Waals surface area contributed by atoms with Gasteiger partial charge < -0.3 is 11.1 Å². The lowest BCUT2D eigenvalue weighted by Crippen LogP contribution is -2.30. The number of sulfonamides is 1. The standard InChI is InChI=1S/C12H17N3O3S2/c1-14-11(16)6-7-15-20(17,18)8-9-4-2-3-5-10(9)12(13)19/h2-5,15H,6-8H2,1H3,(H2,13,19)(H,14,16). The number of hydrogen-bond acceptors (Lipinski definition) is 4. The Hall–Kier alpha value is -1.51. The van der Waals surface area contributed by atoms with Crippen LogP contribution in [-0.2, 0) is 20.6 Å². The van der Waals surface area contributed by atoms with Crippen molar-refractivity contribution in [1.82, 2.24) is 10.0 Å². The molecule has 0 aliphatic rings. The van der Waals surface area contributed by atoms with Gasteiger partial charge in [-0.25, -0.2) is 13.1 Å². The lowest BCUT2D eigenvalue weighted by molar-refractivity contribution is -0.120. The highest BCUT2D eigenvalue weighted by Crippen LogP contribution is 2.12. The normalized spacial score (nSPS) is 11.1. The average Bonchev–Trinajstić information content (AvgIpc) is 2.38. The van der Waals surface area contributed by atoms with E-state index in [4.69, 9.17) is 18.0 Å². The quantitative estimate of drug-likeness (QED) is 0.609. The van der Waals surface area contributed by atoms with Crippen molar-refractivity contribution in [2.45, 2.75) is 12.2 Å². The second kappa shape index (κ2) is 7.32. The van der Waals surface area contributed by atoms with Crippen LogP contribution in [0, 0.1) is 0 Å². The third-order valence-electron chi connectivity index (χ3n) is 2.58. The van der Waals surface area contributed by atoms with E-state index in [1.165, 1.54) is 7.05 Å². The Kier molecular flexibility index (Phi) is 6.05. The molecule has 0 fully saturated rings. The fourth-order valence-corrected chi connectivity index (χ4v) is 2.96. The van der Waals surface area contributed by atoms with Crippen molar-refractivity contribution in [3.05, 3.63) is 35.4 Å². The molecule has 1 amide bonds. The van der Waals surface area contributed by atoms with Gasteiger partial charge in [0.05, 0.1) is 5.75 Å². The van der Waals surface area contributed by atoms with E-state index in [0.717, 1.165) is 0 Å². The van der Waals surface area contributed by atoms with E-state index in [-0.39, 0.29) is 29.6 Å². The predicted molar refractivity (Wildman–Crippen MR) is 81.6 cm³/mol. The van der Waals surface area contributed by atoms with E-state index in [0.29, 0.717) is 11.1 Å². The van der Waals surface area contributed by atoms with E-state index in [9.17, 15) is 13.2 Å². The number of nitrogens with one attached hydrogen (secondary N) is 2. The Morgan fingerprint density at radius 3 is 2.60 bits per heavy atom. The maximum atomic E-state index is 11.9. The fourth-order valence-electron chi connectivity index (χ4n) is 1.59. The number of rotatable bonds is 7. The summed E-state index contributed by atoms with van der Waals surface area (Å²) in [4.78, 5) is 11.2. The lowest BCUT2D eigenvalue weighted by atomic mass is 10.1. The van der Waals surface area contributed by atoms with Crippen LogP contribution < -0.4 is 15.8 Å². The molecule has 0 aromatic heterocycles. The second-order valence-electron chi connectivity index (χ2n) is 4.10. The number of carbonyl (C=O) groups is 1. The van der Waals surface area contributed by atoms with E-state index in [1.54, 1.807) is 24.3 Å². The summed E-state index contributed by atoms with van der Waals surface area (Å²) >= 11 is 4.89. The Bertz CT molecular complexity index is 600. The predicted octanol–water partition coefficient (Wildman–Crippen LogP) is -0.124. The van der Waals surface area contributed by atoms with Gasteiger partial charge in [-0.05, 0) is 5.56 Å². The largest absolute Gasteiger partial charge is 0.389 e. The molecule has 20 heavy (non-hydrogen) atoms. The minimum Gasteiger partial charge on any atom is -0.389 e. The molecule has 8 heteroatoms. The van der Waals surface area contributed by atoms with Gasteiger partial charge in [0, 0.05) is 25.6 Å². The molecule has 0 radical (unpaired) electrons. The first-order valence-corrected chi connectivity index (χ1v) is 7.97. The van der Waals surface area contributed by atoms with Gasteiger partial charge in [-0.1, -0.05) is 36.5 Å². The van der Waals surface area contributed by atoms with E-state index in [1.807, 2.05) is 0 Å². The average molecular weight is 315 g/mol. The van der Waals surface area contributed by atoms with Gasteiger partial charge in [0.15, 0.2) is 0 Å². The Labute approximate surface area is 123 Å². The summed E-state index contributed by atoms with van der Waals surface area (Å²) in [5.41, 5.74) is 6.63. The van der Waals surface area contributed by atoms with Crippen LogP contribution in [0.25, 0.3) is 0 Å². The van der Waals surface area contributed by atoms with Crippen molar-refractivity contribution >= 4 is 33.1 Å². The topological polar surface area (TPSA) is 101 Å². The second-order valence-corrected chi connectivity index (χ2v) is 6.34. The molecule has 0 saturated heterocycles. The van der Waals surface area contributed by atoms with Crippen molar-refractivity contribution in [3.8, 4) is 0 Å². The van der Waals surface area contributed by atoms with Crippen molar-refractivity contribution in [2.75, 3.05) is 13.6 Å². The molecular weight excluding hydrogens is 298 g/mol. The highest BCUT2D eigenvalue weighted by Gasteiger charge is 2.15. The third kappa shape index (κ3) is 5.24. The summed E-state index contributed by atoms with van der Waals surface area (Å²) < 4.78 is 26.2. The number of thiocarbonyl (C=S) groups is 1. The van der Waals surface area contributed by atoms with Gasteiger partial charge in [-0.3, -0.25) is 4.79 Å². The van der Waals surface area contributed by atoms with E-state index < -0.39 is 10.0 Å². The Balaban J connectivity index is 2.72. The number of nitrogens with two attached hydrogens (primary N) is 1. The first-order valence-electron chi connectivity index (χ1n) is 5.91. The SMILES string of the molecule is CNC(=O)CCNS(=O)(=O)Cc1ccccc1C(N)=S. The van der Waals surface area contributed by atoms with Crippen LogP contribution in [0.1, 0.15) is 17.5 Å². The van der Waals surface area contributed by atoms with Crippen molar-refractivity contribution in [3.63, 3.8) is 0 Å². The molecule has 0 bridgehead atoms. The summed E-state index contributed by atoms with van der Waals surface area (Å²) in [7, 11) is -2.04. The van der Waals surface area contributed by atoms with Crippen LogP contribution >= 0.6 is 12.2 Å². The molecule has 0 spiro atoms. The molecular formula is C12H17N3O3S2. The van der Waals surface area contributed by atoms with E-state index >= 15 is 0 Å². The zero-order valence-electron chi connectivity index (χ0n) is 11.0. The minimum absolute atomic E-state index is 0.0528. The molecule has 6 nitrogen and oxygen atoms in total. The maximum absolute atomic E-state index is 11.9. The summed E-state index contributed by atoms with van der Waals surface area (Å²) in [6, 6.07) is 6.80. The summed E-state index contributed by atoms with van der Waals surface area (Å²) in [6.07, 6.45) is 0.0900. The molecule has 4 N–H and O–H groups in total. The first kappa shape index (κ1) is 16.5. The molecule has 0 heterocycles. The number of hydrogen-bond donors (Lipinski definition) is 3. The highest BCUT2D eigenvalue weighted by atomic mass is 32.2. The van der Waals surface area contributed by atoms with Gasteiger partial charge in [0.1, 0.15) is 4.99 Å². The van der Waals surface area contributed by atoms with Gasteiger partial charge in [0.2, 0.25) is 15.9 Å². The molecule has 1 rings (SSSR count). The molecule has 1 aromatic rings. The van der Waals surface area contributed by atoms with Gasteiger partial charge in [-0.2, -0.15) is 0 Å². The molecule has 0 atom stereocenters. The number of carbonyl (C=O) groups excluding carboxylic acids is 1. The van der Waals surface area contributed by atoms with Crippen LogP contribution in [0.2, 0.25) is 0 Å². The Morgan fingerprint density at radius 2 is 2.00 bits per heavy atom. The van der Waals surface area contributed by atoms with Crippen LogP contribution in [-0.4, -0.2) is 32.9 Å². The number of amides is 1. The Morgan fingerprint density at radius 1 is 1.35 bits per heavy atom. The monoisotopic (exact) mass is 315 g/mol. The lowest BCUT2D eigenvalue weighted by Gasteiger charge is -2.10. The van der Waals surface area contributed by atoms with Crippen molar-refractivity contribution in [2.24, 2.45) is 5.73 Å². The summed E-state index contributed by atoms with van der Waals surface area (Å²) in [5.74, 6) is -0.454. The van der Waals surface area contributed by atoms with Gasteiger partial charge in [-0.15, -0.1) is 0 Å². The van der Waals surface area contributed by atoms with Crippen LogP contribution in [0.3, 0.4) is 0 Å². The first-order chi connectivity index (χ1) is 9.35. The molecule has 0 aliphatic heterocycles. The molecule has 0 saturated carbocycles. The molecule has 110 valence electrons. The van der Waals surface area contributed by atoms with Crippen LogP contribution in [0.4, 0.5) is 0 Å².